The maximum Gasteiger partial charge on any atom is 0.0700 e. The van der Waals surface area contributed by atoms with Crippen LogP contribution in [0.4, 0.5) is 5.69 Å². The molecule has 0 fully saturated rings. The highest BCUT2D eigenvalue weighted by Crippen LogP contribution is 2.39. The Morgan fingerprint density at radius 3 is 1.79 bits per heavy atom. The predicted molar refractivity (Wildman–Crippen MR) is 86.9 cm³/mol. The number of rotatable bonds is 3. The number of aliphatic imine (C=N–C) groups is 1. The lowest BCUT2D eigenvalue weighted by molar-refractivity contribution is 0.571. The van der Waals surface area contributed by atoms with Gasteiger partial charge >= 0.3 is 0 Å². The van der Waals surface area contributed by atoms with E-state index in [-0.39, 0.29) is 10.8 Å². The fourth-order valence-corrected chi connectivity index (χ4v) is 2.18. The minimum atomic E-state index is 0.125. The maximum absolute atomic E-state index is 4.80. The van der Waals surface area contributed by atoms with Gasteiger partial charge in [-0.2, -0.15) is 0 Å². The van der Waals surface area contributed by atoms with Crippen molar-refractivity contribution in [1.82, 2.24) is 0 Å². The van der Waals surface area contributed by atoms with Gasteiger partial charge in [0.1, 0.15) is 0 Å². The number of unbranched alkanes of at least 4 members (excludes halogenated alkanes) is 1. The van der Waals surface area contributed by atoms with E-state index in [1.54, 1.807) is 0 Å². The minimum Gasteiger partial charge on any atom is -0.261 e. The van der Waals surface area contributed by atoms with Gasteiger partial charge in [-0.15, -0.1) is 0 Å². The van der Waals surface area contributed by atoms with Crippen molar-refractivity contribution < 1.29 is 0 Å². The molecule has 19 heavy (non-hydrogen) atoms. The van der Waals surface area contributed by atoms with Crippen molar-refractivity contribution in [2.45, 2.75) is 72.1 Å². The average molecular weight is 259 g/mol. The summed E-state index contributed by atoms with van der Waals surface area (Å²) in [7, 11) is 0. The molecule has 0 unspecified atom stereocenters. The average Bonchev–Trinajstić information content (AvgIpc) is 2.26. The molecule has 0 heterocycles. The van der Waals surface area contributed by atoms with E-state index in [2.05, 4.69) is 72.9 Å². The Hall–Kier alpha value is -1.11. The Bertz CT molecular complexity index is 409. The molecular formula is C18H29N. The Labute approximate surface area is 119 Å². The number of hydrogen-bond donors (Lipinski definition) is 0. The standard InChI is InChI=1S/C18H29N/c1-8-9-13-19-16-14(17(2,3)4)11-10-12-15(16)18(5,6)7/h10-13H,8-9H2,1-7H3/b19-13-. The third-order valence-electron chi connectivity index (χ3n) is 3.29. The lowest BCUT2D eigenvalue weighted by Crippen LogP contribution is -2.17. The monoisotopic (exact) mass is 259 g/mol. The summed E-state index contributed by atoms with van der Waals surface area (Å²) < 4.78 is 0. The van der Waals surface area contributed by atoms with Crippen LogP contribution in [-0.4, -0.2) is 6.21 Å². The van der Waals surface area contributed by atoms with E-state index < -0.39 is 0 Å². The first kappa shape index (κ1) is 15.9. The lowest BCUT2D eigenvalue weighted by Gasteiger charge is -2.28. The van der Waals surface area contributed by atoms with Crippen LogP contribution in [0, 0.1) is 0 Å². The van der Waals surface area contributed by atoms with Gasteiger partial charge in [0.2, 0.25) is 0 Å². The number of para-hydroxylation sites is 1. The van der Waals surface area contributed by atoms with E-state index in [1.807, 2.05) is 0 Å². The van der Waals surface area contributed by atoms with E-state index >= 15 is 0 Å². The van der Waals surface area contributed by atoms with Gasteiger partial charge in [-0.05, 0) is 28.4 Å². The maximum atomic E-state index is 4.80. The van der Waals surface area contributed by atoms with Crippen molar-refractivity contribution in [2.24, 2.45) is 4.99 Å². The molecule has 0 aromatic heterocycles. The van der Waals surface area contributed by atoms with Crippen molar-refractivity contribution >= 4 is 11.9 Å². The van der Waals surface area contributed by atoms with Gasteiger partial charge in [-0.25, -0.2) is 0 Å². The molecule has 0 aliphatic carbocycles. The molecule has 0 atom stereocenters. The second-order valence-electron chi connectivity index (χ2n) is 7.30. The van der Waals surface area contributed by atoms with Crippen LogP contribution >= 0.6 is 0 Å². The quantitative estimate of drug-likeness (QED) is 0.610. The van der Waals surface area contributed by atoms with E-state index in [4.69, 9.17) is 4.99 Å². The van der Waals surface area contributed by atoms with Crippen LogP contribution in [0.3, 0.4) is 0 Å². The predicted octanol–water partition coefficient (Wildman–Crippen LogP) is 5.78. The van der Waals surface area contributed by atoms with Crippen molar-refractivity contribution in [2.75, 3.05) is 0 Å². The number of benzene rings is 1. The molecule has 0 aliphatic rings. The molecule has 0 saturated heterocycles. The van der Waals surface area contributed by atoms with Crippen LogP contribution in [0.15, 0.2) is 23.2 Å². The van der Waals surface area contributed by atoms with Gasteiger partial charge in [0.15, 0.2) is 0 Å². The Kier molecular flexibility index (Phi) is 4.95. The molecule has 1 aromatic rings. The Morgan fingerprint density at radius 2 is 1.42 bits per heavy atom. The zero-order chi connectivity index (χ0) is 14.7. The molecule has 0 radical (unpaired) electrons. The van der Waals surface area contributed by atoms with Gasteiger partial charge in [0.05, 0.1) is 5.69 Å². The summed E-state index contributed by atoms with van der Waals surface area (Å²) in [6, 6.07) is 6.60. The summed E-state index contributed by atoms with van der Waals surface area (Å²) >= 11 is 0. The van der Waals surface area contributed by atoms with Gasteiger partial charge in [0, 0.05) is 6.21 Å². The molecule has 0 saturated carbocycles. The van der Waals surface area contributed by atoms with E-state index in [0.29, 0.717) is 0 Å². The first-order chi connectivity index (χ1) is 8.68. The topological polar surface area (TPSA) is 12.4 Å². The van der Waals surface area contributed by atoms with Gasteiger partial charge in [-0.1, -0.05) is 73.1 Å². The van der Waals surface area contributed by atoms with Gasteiger partial charge in [-0.3, -0.25) is 4.99 Å². The summed E-state index contributed by atoms with van der Waals surface area (Å²) in [4.78, 5) is 4.80. The smallest absolute Gasteiger partial charge is 0.0700 e. The van der Waals surface area contributed by atoms with E-state index in [1.165, 1.54) is 16.8 Å². The zero-order valence-corrected chi connectivity index (χ0v) is 13.7. The minimum absolute atomic E-state index is 0.125. The molecule has 0 aliphatic heterocycles. The lowest BCUT2D eigenvalue weighted by atomic mass is 9.79. The third kappa shape index (κ3) is 4.19. The normalized spacial score (nSPS) is 13.2. The highest BCUT2D eigenvalue weighted by molar-refractivity contribution is 5.68. The molecule has 1 heteroatoms. The first-order valence-corrected chi connectivity index (χ1v) is 7.34. The van der Waals surface area contributed by atoms with Crippen molar-refractivity contribution in [1.29, 1.82) is 0 Å². The third-order valence-corrected chi connectivity index (χ3v) is 3.29. The molecule has 0 amide bonds. The molecule has 106 valence electrons. The summed E-state index contributed by atoms with van der Waals surface area (Å²) in [5.41, 5.74) is 4.11. The van der Waals surface area contributed by atoms with Crippen LogP contribution in [0.5, 0.6) is 0 Å². The Morgan fingerprint density at radius 1 is 0.947 bits per heavy atom. The molecule has 1 rings (SSSR count). The van der Waals surface area contributed by atoms with Crippen molar-refractivity contribution in [3.05, 3.63) is 29.3 Å². The number of nitrogens with zero attached hydrogens (tertiary/aromatic N) is 1. The van der Waals surface area contributed by atoms with Crippen molar-refractivity contribution in [3.63, 3.8) is 0 Å². The molecule has 0 bridgehead atoms. The highest BCUT2D eigenvalue weighted by atomic mass is 14.7. The summed E-state index contributed by atoms with van der Waals surface area (Å²) in [5.74, 6) is 0. The molecule has 0 N–H and O–H groups in total. The second-order valence-corrected chi connectivity index (χ2v) is 7.30. The summed E-state index contributed by atoms with van der Waals surface area (Å²) in [6.07, 6.45) is 4.26. The first-order valence-electron chi connectivity index (χ1n) is 7.34. The van der Waals surface area contributed by atoms with Gasteiger partial charge < -0.3 is 0 Å². The molecule has 1 aromatic carbocycles. The van der Waals surface area contributed by atoms with Crippen LogP contribution in [0.1, 0.15) is 72.4 Å². The fourth-order valence-electron chi connectivity index (χ4n) is 2.18. The van der Waals surface area contributed by atoms with E-state index in [9.17, 15) is 0 Å². The fraction of sp³-hybridized carbons (Fsp3) is 0.611. The van der Waals surface area contributed by atoms with Crippen LogP contribution in [0.2, 0.25) is 0 Å². The largest absolute Gasteiger partial charge is 0.261 e. The number of hydrogen-bond acceptors (Lipinski definition) is 1. The highest BCUT2D eigenvalue weighted by Gasteiger charge is 2.24. The molecule has 1 nitrogen and oxygen atoms in total. The molecule has 0 spiro atoms. The summed E-state index contributed by atoms with van der Waals surface area (Å²) in [6.45, 7) is 15.7. The summed E-state index contributed by atoms with van der Waals surface area (Å²) in [5, 5.41) is 0. The van der Waals surface area contributed by atoms with Crippen LogP contribution in [0.25, 0.3) is 0 Å². The van der Waals surface area contributed by atoms with E-state index in [0.717, 1.165) is 12.8 Å². The molecular weight excluding hydrogens is 230 g/mol. The second kappa shape index (κ2) is 5.90. The van der Waals surface area contributed by atoms with Gasteiger partial charge in [0.25, 0.3) is 0 Å². The van der Waals surface area contributed by atoms with Crippen LogP contribution < -0.4 is 0 Å². The zero-order valence-electron chi connectivity index (χ0n) is 13.7. The Balaban J connectivity index is 3.41. The van der Waals surface area contributed by atoms with Crippen LogP contribution in [-0.2, 0) is 10.8 Å². The van der Waals surface area contributed by atoms with Crippen molar-refractivity contribution in [3.8, 4) is 0 Å². The SMILES string of the molecule is CCC/C=N\c1c(C(C)(C)C)cccc1C(C)(C)C.